The van der Waals surface area contributed by atoms with Crippen molar-refractivity contribution in [2.45, 2.75) is 20.4 Å². The van der Waals surface area contributed by atoms with Crippen molar-refractivity contribution < 1.29 is 0 Å². The highest BCUT2D eigenvalue weighted by Gasteiger charge is 2.11. The van der Waals surface area contributed by atoms with Crippen LogP contribution in [0.4, 0.5) is 5.69 Å². The highest BCUT2D eigenvalue weighted by molar-refractivity contribution is 7.16. The van der Waals surface area contributed by atoms with Gasteiger partial charge in [-0.05, 0) is 26.0 Å². The van der Waals surface area contributed by atoms with Gasteiger partial charge in [0.25, 0.3) is 0 Å². The summed E-state index contributed by atoms with van der Waals surface area (Å²) in [7, 11) is 0. The third-order valence-electron chi connectivity index (χ3n) is 3.17. The van der Waals surface area contributed by atoms with Gasteiger partial charge in [-0.2, -0.15) is 5.10 Å². The molecule has 0 aliphatic rings. The fraction of sp³-hybridized carbons (Fsp3) is 0.231. The van der Waals surface area contributed by atoms with Gasteiger partial charge in [-0.1, -0.05) is 11.6 Å². The van der Waals surface area contributed by atoms with Crippen LogP contribution in [0.1, 0.15) is 17.0 Å². The van der Waals surface area contributed by atoms with Crippen LogP contribution in [0.25, 0.3) is 10.2 Å². The van der Waals surface area contributed by atoms with Gasteiger partial charge >= 0.3 is 0 Å². The minimum absolute atomic E-state index is 0.685. The van der Waals surface area contributed by atoms with Crippen LogP contribution >= 0.6 is 22.9 Å². The number of aromatic amines is 1. The van der Waals surface area contributed by atoms with Crippen molar-refractivity contribution in [3.63, 3.8) is 0 Å². The molecule has 4 nitrogen and oxygen atoms in total. The maximum Gasteiger partial charge on any atom is 0.106 e. The van der Waals surface area contributed by atoms with E-state index in [0.717, 1.165) is 27.3 Å². The first-order chi connectivity index (χ1) is 9.16. The summed E-state index contributed by atoms with van der Waals surface area (Å²) in [6.07, 6.45) is 0. The maximum atomic E-state index is 6.26. The molecule has 0 saturated heterocycles. The minimum atomic E-state index is 0.685. The molecule has 0 aliphatic heterocycles. The van der Waals surface area contributed by atoms with Crippen LogP contribution in [0, 0.1) is 13.8 Å². The molecule has 3 rings (SSSR count). The second-order valence-corrected chi connectivity index (χ2v) is 5.68. The molecule has 0 fully saturated rings. The van der Waals surface area contributed by atoms with E-state index in [1.54, 1.807) is 11.3 Å². The van der Waals surface area contributed by atoms with Gasteiger partial charge in [-0.15, -0.1) is 11.3 Å². The van der Waals surface area contributed by atoms with E-state index < -0.39 is 0 Å². The Morgan fingerprint density at radius 1 is 1.37 bits per heavy atom. The molecule has 0 amide bonds. The highest BCUT2D eigenvalue weighted by atomic mass is 35.5. The average molecular weight is 293 g/mol. The SMILES string of the molecule is Cc1n[nH]c(C)c1CNc1c(Cl)ccc2scnc12. The number of nitrogens with zero attached hydrogens (tertiary/aromatic N) is 2. The lowest BCUT2D eigenvalue weighted by molar-refractivity contribution is 1.02. The summed E-state index contributed by atoms with van der Waals surface area (Å²) < 4.78 is 1.13. The number of halogens is 1. The molecule has 0 radical (unpaired) electrons. The summed E-state index contributed by atoms with van der Waals surface area (Å²) in [5.41, 5.74) is 6.90. The maximum absolute atomic E-state index is 6.26. The van der Waals surface area contributed by atoms with Crippen LogP contribution in [0.3, 0.4) is 0 Å². The number of aryl methyl sites for hydroxylation is 2. The van der Waals surface area contributed by atoms with Crippen LogP contribution in [0.2, 0.25) is 5.02 Å². The predicted molar refractivity (Wildman–Crippen MR) is 80.0 cm³/mol. The molecule has 0 aliphatic carbocycles. The molecular weight excluding hydrogens is 280 g/mol. The lowest BCUT2D eigenvalue weighted by atomic mass is 10.2. The summed E-state index contributed by atoms with van der Waals surface area (Å²) >= 11 is 7.87. The second kappa shape index (κ2) is 4.83. The van der Waals surface area contributed by atoms with Gasteiger partial charge in [-0.25, -0.2) is 4.98 Å². The molecular formula is C13H13ClN4S. The molecule has 1 aromatic carbocycles. The monoisotopic (exact) mass is 292 g/mol. The molecule has 0 unspecified atom stereocenters. The normalized spacial score (nSPS) is 11.1. The number of hydrogen-bond donors (Lipinski definition) is 2. The number of benzene rings is 1. The van der Waals surface area contributed by atoms with Gasteiger partial charge in [0, 0.05) is 17.8 Å². The number of H-pyrrole nitrogens is 1. The zero-order chi connectivity index (χ0) is 13.4. The Kier molecular flexibility index (Phi) is 3.16. The quantitative estimate of drug-likeness (QED) is 0.770. The summed E-state index contributed by atoms with van der Waals surface area (Å²) in [6, 6.07) is 3.90. The first-order valence-corrected chi connectivity index (χ1v) is 7.18. The molecule has 2 heterocycles. The minimum Gasteiger partial charge on any atom is -0.378 e. The lowest BCUT2D eigenvalue weighted by Gasteiger charge is -2.09. The second-order valence-electron chi connectivity index (χ2n) is 4.39. The van der Waals surface area contributed by atoms with Crippen molar-refractivity contribution in [2.24, 2.45) is 0 Å². The predicted octanol–water partition coefficient (Wildman–Crippen LogP) is 3.90. The Bertz CT molecular complexity index is 712. The van der Waals surface area contributed by atoms with E-state index in [-0.39, 0.29) is 0 Å². The molecule has 3 aromatic rings. The number of nitrogens with one attached hydrogen (secondary N) is 2. The van der Waals surface area contributed by atoms with Crippen molar-refractivity contribution in [1.82, 2.24) is 15.2 Å². The first-order valence-electron chi connectivity index (χ1n) is 5.93. The molecule has 0 saturated carbocycles. The Balaban J connectivity index is 1.93. The summed E-state index contributed by atoms with van der Waals surface area (Å²) in [6.45, 7) is 4.69. The van der Waals surface area contributed by atoms with E-state index in [9.17, 15) is 0 Å². The summed E-state index contributed by atoms with van der Waals surface area (Å²) in [5.74, 6) is 0. The molecule has 6 heteroatoms. The number of anilines is 1. The summed E-state index contributed by atoms with van der Waals surface area (Å²) in [4.78, 5) is 4.37. The molecule has 0 spiro atoms. The van der Waals surface area contributed by atoms with Gasteiger partial charge in [0.15, 0.2) is 0 Å². The van der Waals surface area contributed by atoms with Gasteiger partial charge < -0.3 is 5.32 Å². The Hall–Kier alpha value is -1.59. The molecule has 2 aromatic heterocycles. The van der Waals surface area contributed by atoms with Gasteiger partial charge in [-0.3, -0.25) is 5.10 Å². The van der Waals surface area contributed by atoms with Crippen molar-refractivity contribution in [2.75, 3.05) is 5.32 Å². The van der Waals surface area contributed by atoms with Crippen LogP contribution < -0.4 is 5.32 Å². The van der Waals surface area contributed by atoms with E-state index in [0.29, 0.717) is 11.6 Å². The summed E-state index contributed by atoms with van der Waals surface area (Å²) in [5, 5.41) is 11.2. The smallest absolute Gasteiger partial charge is 0.106 e. The number of hydrogen-bond acceptors (Lipinski definition) is 4. The van der Waals surface area contributed by atoms with Crippen molar-refractivity contribution >= 4 is 38.8 Å². The number of fused-ring (bicyclic) bond motifs is 1. The third kappa shape index (κ3) is 2.19. The van der Waals surface area contributed by atoms with Crippen molar-refractivity contribution in [3.05, 3.63) is 39.6 Å². The standard InChI is InChI=1S/C13H13ClN4S/c1-7-9(8(2)18-17-7)5-15-12-10(14)3-4-11-13(12)16-6-19-11/h3-4,6,15H,5H2,1-2H3,(H,17,18). The van der Waals surface area contributed by atoms with Crippen molar-refractivity contribution in [3.8, 4) is 0 Å². The van der Waals surface area contributed by atoms with E-state index in [4.69, 9.17) is 11.6 Å². The fourth-order valence-corrected chi connectivity index (χ4v) is 2.99. The number of aromatic nitrogens is 3. The van der Waals surface area contributed by atoms with E-state index in [1.807, 2.05) is 31.5 Å². The van der Waals surface area contributed by atoms with Crippen LogP contribution in [-0.2, 0) is 6.54 Å². The zero-order valence-electron chi connectivity index (χ0n) is 10.6. The Morgan fingerprint density at radius 2 is 2.21 bits per heavy atom. The average Bonchev–Trinajstić information content (AvgIpc) is 2.97. The Labute approximate surface area is 119 Å². The molecule has 98 valence electrons. The molecule has 0 bridgehead atoms. The Morgan fingerprint density at radius 3 is 2.95 bits per heavy atom. The topological polar surface area (TPSA) is 53.6 Å². The van der Waals surface area contributed by atoms with Crippen molar-refractivity contribution in [1.29, 1.82) is 0 Å². The van der Waals surface area contributed by atoms with Crippen LogP contribution in [0.5, 0.6) is 0 Å². The number of rotatable bonds is 3. The highest BCUT2D eigenvalue weighted by Crippen LogP contribution is 2.32. The van der Waals surface area contributed by atoms with Crippen LogP contribution in [-0.4, -0.2) is 15.2 Å². The third-order valence-corrected chi connectivity index (χ3v) is 4.28. The van der Waals surface area contributed by atoms with E-state index in [2.05, 4.69) is 20.5 Å². The molecule has 0 atom stereocenters. The molecule has 19 heavy (non-hydrogen) atoms. The van der Waals surface area contributed by atoms with Gasteiger partial charge in [0.2, 0.25) is 0 Å². The number of thiazole rings is 1. The van der Waals surface area contributed by atoms with E-state index >= 15 is 0 Å². The van der Waals surface area contributed by atoms with Gasteiger partial charge in [0.1, 0.15) is 5.52 Å². The zero-order valence-corrected chi connectivity index (χ0v) is 12.2. The first kappa shape index (κ1) is 12.4. The fourth-order valence-electron chi connectivity index (χ4n) is 2.09. The lowest BCUT2D eigenvalue weighted by Crippen LogP contribution is -2.02. The largest absolute Gasteiger partial charge is 0.378 e. The van der Waals surface area contributed by atoms with E-state index in [1.165, 1.54) is 5.56 Å². The van der Waals surface area contributed by atoms with Crippen LogP contribution in [0.15, 0.2) is 17.6 Å². The van der Waals surface area contributed by atoms with Gasteiger partial charge in [0.05, 0.1) is 26.6 Å². The molecule has 2 N–H and O–H groups in total.